The van der Waals surface area contributed by atoms with E-state index in [1.807, 2.05) is 6.92 Å². The molecule has 0 saturated carbocycles. The number of hydrogen-bond donors (Lipinski definition) is 2. The van der Waals surface area contributed by atoms with E-state index in [0.717, 1.165) is 5.56 Å². The molecule has 0 unspecified atom stereocenters. The Morgan fingerprint density at radius 2 is 2.05 bits per heavy atom. The smallest absolute Gasteiger partial charge is 0.308 e. The van der Waals surface area contributed by atoms with Crippen molar-refractivity contribution >= 4 is 11.9 Å². The van der Waals surface area contributed by atoms with Gasteiger partial charge in [0.25, 0.3) is 0 Å². The first-order valence-corrected chi connectivity index (χ1v) is 6.15. The van der Waals surface area contributed by atoms with Gasteiger partial charge in [-0.3, -0.25) is 9.59 Å². The van der Waals surface area contributed by atoms with Crippen LogP contribution < -0.4 is 5.32 Å². The average Bonchev–Trinajstić information content (AvgIpc) is 2.35. The molecule has 104 valence electrons. The van der Waals surface area contributed by atoms with Crippen LogP contribution >= 0.6 is 0 Å². The highest BCUT2D eigenvalue weighted by molar-refractivity contribution is 5.78. The van der Waals surface area contributed by atoms with Crippen molar-refractivity contribution < 1.29 is 19.1 Å². The van der Waals surface area contributed by atoms with Crippen LogP contribution in [0.5, 0.6) is 0 Å². The van der Waals surface area contributed by atoms with E-state index in [9.17, 15) is 14.0 Å². The molecule has 0 radical (unpaired) electrons. The molecule has 5 heteroatoms. The number of nitrogens with one attached hydrogen (secondary N) is 1. The topological polar surface area (TPSA) is 66.4 Å². The van der Waals surface area contributed by atoms with Gasteiger partial charge in [0.15, 0.2) is 0 Å². The molecule has 0 fully saturated rings. The van der Waals surface area contributed by atoms with Crippen LogP contribution in [0.1, 0.15) is 31.7 Å². The van der Waals surface area contributed by atoms with Crippen molar-refractivity contribution in [3.05, 3.63) is 35.6 Å². The van der Waals surface area contributed by atoms with Crippen molar-refractivity contribution in [3.63, 3.8) is 0 Å². The third-order valence-electron chi connectivity index (χ3n) is 2.94. The quantitative estimate of drug-likeness (QED) is 0.830. The van der Waals surface area contributed by atoms with Crippen molar-refractivity contribution in [1.82, 2.24) is 5.32 Å². The number of aliphatic carboxylic acids is 1. The number of amides is 1. The second-order valence-electron chi connectivity index (χ2n) is 4.70. The summed E-state index contributed by atoms with van der Waals surface area (Å²) in [4.78, 5) is 22.2. The summed E-state index contributed by atoms with van der Waals surface area (Å²) in [7, 11) is 0. The monoisotopic (exact) mass is 267 g/mol. The molecule has 0 spiro atoms. The summed E-state index contributed by atoms with van der Waals surface area (Å²) < 4.78 is 13.0. The number of halogens is 1. The molecule has 0 aliphatic carbocycles. The van der Waals surface area contributed by atoms with Gasteiger partial charge < -0.3 is 10.4 Å². The Labute approximate surface area is 111 Å². The molecule has 1 aromatic rings. The number of carboxylic acid groups (broad SMARTS) is 1. The molecule has 0 saturated heterocycles. The van der Waals surface area contributed by atoms with Crippen molar-refractivity contribution in [2.45, 2.75) is 26.2 Å². The summed E-state index contributed by atoms with van der Waals surface area (Å²) in [5, 5.41) is 11.3. The molecule has 1 aromatic carbocycles. The van der Waals surface area contributed by atoms with Gasteiger partial charge in [0, 0.05) is 13.0 Å². The molecule has 0 heterocycles. The first kappa shape index (κ1) is 15.1. The minimum absolute atomic E-state index is 0.101. The molecular formula is C14H18FNO3. The first-order chi connectivity index (χ1) is 8.90. The predicted molar refractivity (Wildman–Crippen MR) is 69.2 cm³/mol. The van der Waals surface area contributed by atoms with Crippen molar-refractivity contribution in [3.8, 4) is 0 Å². The lowest BCUT2D eigenvalue weighted by molar-refractivity contribution is -0.141. The highest BCUT2D eigenvalue weighted by Crippen LogP contribution is 2.19. The van der Waals surface area contributed by atoms with Crippen LogP contribution in [0.3, 0.4) is 0 Å². The van der Waals surface area contributed by atoms with Crippen molar-refractivity contribution in [2.24, 2.45) is 5.92 Å². The van der Waals surface area contributed by atoms with Crippen LogP contribution in [0.2, 0.25) is 0 Å². The highest BCUT2D eigenvalue weighted by Gasteiger charge is 2.15. The number of benzene rings is 1. The number of rotatable bonds is 6. The van der Waals surface area contributed by atoms with Crippen molar-refractivity contribution in [2.75, 3.05) is 6.54 Å². The minimum Gasteiger partial charge on any atom is -0.481 e. The van der Waals surface area contributed by atoms with Gasteiger partial charge in [-0.15, -0.1) is 0 Å². The third kappa shape index (κ3) is 5.07. The van der Waals surface area contributed by atoms with E-state index in [0.29, 0.717) is 0 Å². The number of carbonyl (C=O) groups excluding carboxylic acids is 1. The van der Waals surface area contributed by atoms with Crippen LogP contribution in [0.4, 0.5) is 4.39 Å². The third-order valence-corrected chi connectivity index (χ3v) is 2.94. The Kier molecular flexibility index (Phi) is 5.48. The molecule has 0 aliphatic rings. The van der Waals surface area contributed by atoms with Gasteiger partial charge in [-0.1, -0.05) is 26.0 Å². The Bertz CT molecular complexity index is 462. The van der Waals surface area contributed by atoms with Crippen LogP contribution in [-0.4, -0.2) is 23.5 Å². The second kappa shape index (κ2) is 6.87. The lowest BCUT2D eigenvalue weighted by Gasteiger charge is -2.13. The lowest BCUT2D eigenvalue weighted by Crippen LogP contribution is -2.32. The molecule has 0 bridgehead atoms. The molecular weight excluding hydrogens is 249 g/mol. The number of hydrogen-bond acceptors (Lipinski definition) is 2. The van der Waals surface area contributed by atoms with Gasteiger partial charge in [-0.2, -0.15) is 0 Å². The normalized spacial score (nSPS) is 13.6. The van der Waals surface area contributed by atoms with Crippen molar-refractivity contribution in [1.29, 1.82) is 0 Å². The van der Waals surface area contributed by atoms with Gasteiger partial charge in [-0.05, 0) is 23.6 Å². The molecule has 1 amide bonds. The highest BCUT2D eigenvalue weighted by atomic mass is 19.1. The summed E-state index contributed by atoms with van der Waals surface area (Å²) in [5.41, 5.74) is 0.751. The van der Waals surface area contributed by atoms with E-state index in [4.69, 9.17) is 5.11 Å². The molecule has 4 nitrogen and oxygen atoms in total. The summed E-state index contributed by atoms with van der Waals surface area (Å²) in [5.74, 6) is -2.24. The molecule has 0 aromatic heterocycles. The molecule has 2 N–H and O–H groups in total. The zero-order valence-electron chi connectivity index (χ0n) is 11.0. The van der Waals surface area contributed by atoms with Gasteiger partial charge in [0.05, 0.1) is 5.92 Å². The standard InChI is InChI=1S/C14H18FNO3/c1-9(11-4-3-5-12(15)7-11)6-13(17)16-8-10(2)14(18)19/h3-5,7,9-10H,6,8H2,1-2H3,(H,16,17)(H,18,19)/t9-,10-/m0/s1. The lowest BCUT2D eigenvalue weighted by atomic mass is 9.97. The van der Waals surface area contributed by atoms with Gasteiger partial charge in [-0.25, -0.2) is 4.39 Å². The Hall–Kier alpha value is -1.91. The molecule has 0 aliphatic heterocycles. The number of carbonyl (C=O) groups is 2. The molecule has 2 atom stereocenters. The maximum absolute atomic E-state index is 13.0. The zero-order valence-corrected chi connectivity index (χ0v) is 11.0. The maximum Gasteiger partial charge on any atom is 0.308 e. The van der Waals surface area contributed by atoms with Crippen LogP contribution in [0.25, 0.3) is 0 Å². The maximum atomic E-state index is 13.0. The number of carboxylic acids is 1. The zero-order chi connectivity index (χ0) is 14.4. The van der Waals surface area contributed by atoms with Crippen LogP contribution in [0, 0.1) is 11.7 Å². The molecule has 1 rings (SSSR count). The fourth-order valence-electron chi connectivity index (χ4n) is 1.64. The molecule has 19 heavy (non-hydrogen) atoms. The summed E-state index contributed by atoms with van der Waals surface area (Å²) in [6.45, 7) is 3.46. The van der Waals surface area contributed by atoms with Crippen LogP contribution in [-0.2, 0) is 9.59 Å². The average molecular weight is 267 g/mol. The van der Waals surface area contributed by atoms with Crippen LogP contribution in [0.15, 0.2) is 24.3 Å². The first-order valence-electron chi connectivity index (χ1n) is 6.15. The SMILES string of the molecule is C[C@@H](CNC(=O)C[C@H](C)c1cccc(F)c1)C(=O)O. The van der Waals surface area contributed by atoms with Gasteiger partial charge in [0.2, 0.25) is 5.91 Å². The van der Waals surface area contributed by atoms with E-state index >= 15 is 0 Å². The Balaban J connectivity index is 2.46. The van der Waals surface area contributed by atoms with E-state index < -0.39 is 11.9 Å². The van der Waals surface area contributed by atoms with E-state index in [1.54, 1.807) is 12.1 Å². The fraction of sp³-hybridized carbons (Fsp3) is 0.429. The summed E-state index contributed by atoms with van der Waals surface area (Å²) >= 11 is 0. The van der Waals surface area contributed by atoms with Gasteiger partial charge >= 0.3 is 5.97 Å². The minimum atomic E-state index is -0.946. The van der Waals surface area contributed by atoms with E-state index in [2.05, 4.69) is 5.32 Å². The van der Waals surface area contributed by atoms with Gasteiger partial charge in [0.1, 0.15) is 5.82 Å². The largest absolute Gasteiger partial charge is 0.481 e. The summed E-state index contributed by atoms with van der Waals surface area (Å²) in [6, 6.07) is 6.12. The predicted octanol–water partition coefficient (Wildman–Crippen LogP) is 2.16. The van der Waals surface area contributed by atoms with E-state index in [-0.39, 0.29) is 30.6 Å². The second-order valence-corrected chi connectivity index (χ2v) is 4.70. The Morgan fingerprint density at radius 1 is 1.37 bits per heavy atom. The fourth-order valence-corrected chi connectivity index (χ4v) is 1.64. The Morgan fingerprint density at radius 3 is 2.63 bits per heavy atom. The van der Waals surface area contributed by atoms with E-state index in [1.165, 1.54) is 19.1 Å². The summed E-state index contributed by atoms with van der Waals surface area (Å²) in [6.07, 6.45) is 0.204.